The second kappa shape index (κ2) is 11.2. The third-order valence-electron chi connectivity index (χ3n) is 4.88. The standard InChI is InChI=1S/C15H13F18O4PS2/c16-8(17,10(20,21)12(24,25)14(28,29)30)1-3-39-7(5-36-38(34,35)37-6-7)40-4-2-9(18,19)11(22,23)13(26,27)15(31,32)33/h1-6H2,(H,34,35). The summed E-state index contributed by atoms with van der Waals surface area (Å²) in [5.41, 5.74) is 0. The van der Waals surface area contributed by atoms with Crippen molar-refractivity contribution >= 4 is 31.3 Å². The van der Waals surface area contributed by atoms with Crippen LogP contribution in [0, 0.1) is 0 Å². The van der Waals surface area contributed by atoms with Crippen LogP contribution in [-0.4, -0.2) is 81.6 Å². The van der Waals surface area contributed by atoms with Gasteiger partial charge in [0.15, 0.2) is 0 Å². The van der Waals surface area contributed by atoms with Gasteiger partial charge in [0.2, 0.25) is 0 Å². The fourth-order valence-corrected chi connectivity index (χ4v) is 6.56. The highest BCUT2D eigenvalue weighted by Gasteiger charge is 2.82. The Labute approximate surface area is 219 Å². The average molecular weight is 694 g/mol. The fraction of sp³-hybridized carbons (Fsp3) is 1.00. The summed E-state index contributed by atoms with van der Waals surface area (Å²) in [5.74, 6) is -44.0. The molecule has 1 rings (SSSR count). The first-order chi connectivity index (χ1) is 17.3. The van der Waals surface area contributed by atoms with Gasteiger partial charge in [0.1, 0.15) is 4.08 Å². The summed E-state index contributed by atoms with van der Waals surface area (Å²) in [6.45, 7) is -2.59. The Morgan fingerprint density at radius 1 is 0.575 bits per heavy atom. The molecule has 1 heterocycles. The van der Waals surface area contributed by atoms with Crippen molar-refractivity contribution < 1.29 is 97.5 Å². The van der Waals surface area contributed by atoms with Gasteiger partial charge in [-0.15, -0.1) is 23.5 Å². The summed E-state index contributed by atoms with van der Waals surface area (Å²) in [5, 5.41) is 0. The summed E-state index contributed by atoms with van der Waals surface area (Å²) in [7, 11) is -4.94. The lowest BCUT2D eigenvalue weighted by molar-refractivity contribution is -0.396. The molecule has 4 nitrogen and oxygen atoms in total. The van der Waals surface area contributed by atoms with Gasteiger partial charge in [-0.3, -0.25) is 9.05 Å². The van der Waals surface area contributed by atoms with Crippen LogP contribution in [0.3, 0.4) is 0 Å². The number of hydrogen-bond acceptors (Lipinski definition) is 5. The van der Waals surface area contributed by atoms with Crippen molar-refractivity contribution in [3.8, 4) is 0 Å². The molecule has 0 bridgehead atoms. The van der Waals surface area contributed by atoms with Crippen molar-refractivity contribution in [1.29, 1.82) is 0 Å². The summed E-state index contributed by atoms with van der Waals surface area (Å²) in [4.78, 5) is 9.14. The van der Waals surface area contributed by atoms with Crippen molar-refractivity contribution in [3.05, 3.63) is 0 Å². The maximum Gasteiger partial charge on any atom is 0.472 e. The van der Waals surface area contributed by atoms with E-state index in [1.54, 1.807) is 0 Å². The predicted molar refractivity (Wildman–Crippen MR) is 100 cm³/mol. The third kappa shape index (κ3) is 7.19. The molecule has 40 heavy (non-hydrogen) atoms. The molecule has 240 valence electrons. The normalized spacial score (nSPS) is 20.1. The Morgan fingerprint density at radius 2 is 0.850 bits per heavy atom. The van der Waals surface area contributed by atoms with E-state index >= 15 is 0 Å². The van der Waals surface area contributed by atoms with Crippen LogP contribution in [0.25, 0.3) is 0 Å². The van der Waals surface area contributed by atoms with Crippen LogP contribution in [0.5, 0.6) is 0 Å². The molecule has 0 radical (unpaired) electrons. The van der Waals surface area contributed by atoms with Crippen LogP contribution in [0.1, 0.15) is 12.8 Å². The molecule has 25 heteroatoms. The molecule has 0 aromatic carbocycles. The molecule has 0 amide bonds. The van der Waals surface area contributed by atoms with Crippen LogP contribution < -0.4 is 0 Å². The van der Waals surface area contributed by atoms with Gasteiger partial charge in [-0.2, -0.15) is 79.0 Å². The lowest BCUT2D eigenvalue weighted by Crippen LogP contribution is -2.61. The fourth-order valence-electron chi connectivity index (χ4n) is 2.51. The molecule has 0 atom stereocenters. The lowest BCUT2D eigenvalue weighted by atomic mass is 10.0. The number of hydrogen-bond donors (Lipinski definition) is 1. The Morgan fingerprint density at radius 3 is 1.10 bits per heavy atom. The molecule has 1 saturated heterocycles. The maximum absolute atomic E-state index is 13.7. The second-order valence-electron chi connectivity index (χ2n) is 7.83. The number of phosphoric ester groups is 1. The van der Waals surface area contributed by atoms with E-state index in [1.807, 2.05) is 0 Å². The Kier molecular flexibility index (Phi) is 10.6. The number of rotatable bonds is 12. The minimum absolute atomic E-state index is 0.245. The molecule has 0 unspecified atom stereocenters. The molecule has 0 saturated carbocycles. The van der Waals surface area contributed by atoms with Gasteiger partial charge >= 0.3 is 55.7 Å². The molecule has 0 aromatic rings. The van der Waals surface area contributed by atoms with E-state index < -0.39 is 97.4 Å². The van der Waals surface area contributed by atoms with Gasteiger partial charge in [-0.05, 0) is 0 Å². The summed E-state index contributed by atoms with van der Waals surface area (Å²) < 4.78 is 251. The molecular weight excluding hydrogens is 681 g/mol. The van der Waals surface area contributed by atoms with Gasteiger partial charge in [0.05, 0.1) is 13.2 Å². The van der Waals surface area contributed by atoms with Crippen molar-refractivity contribution in [1.82, 2.24) is 0 Å². The SMILES string of the molecule is O=P1(O)OCC(SCCC(F)(F)C(F)(F)C(F)(F)C(F)(F)F)(SCCC(F)(F)C(F)(F)C(F)(F)C(F)(F)F)CO1. The first kappa shape index (κ1) is 37.6. The summed E-state index contributed by atoms with van der Waals surface area (Å²) in [6.07, 6.45) is -19.3. The van der Waals surface area contributed by atoms with Gasteiger partial charge in [-0.25, -0.2) is 4.57 Å². The molecule has 1 aliphatic rings. The van der Waals surface area contributed by atoms with E-state index in [2.05, 4.69) is 9.05 Å². The molecule has 1 aliphatic heterocycles. The molecule has 0 spiro atoms. The highest BCUT2D eigenvalue weighted by Crippen LogP contribution is 2.58. The Bertz CT molecular complexity index is 867. The Hall–Kier alpha value is -0.450. The number of thioether (sulfide) groups is 2. The van der Waals surface area contributed by atoms with E-state index in [0.717, 1.165) is 0 Å². The smallest absolute Gasteiger partial charge is 0.302 e. The Balaban J connectivity index is 3.08. The van der Waals surface area contributed by atoms with E-state index in [4.69, 9.17) is 4.89 Å². The van der Waals surface area contributed by atoms with Crippen LogP contribution in [0.4, 0.5) is 79.0 Å². The minimum atomic E-state index is -7.25. The van der Waals surface area contributed by atoms with Gasteiger partial charge in [0, 0.05) is 24.3 Å². The third-order valence-corrected chi connectivity index (χ3v) is 8.83. The van der Waals surface area contributed by atoms with Gasteiger partial charge < -0.3 is 4.89 Å². The lowest BCUT2D eigenvalue weighted by Gasteiger charge is -2.38. The van der Waals surface area contributed by atoms with Crippen molar-refractivity contribution in [2.75, 3.05) is 24.7 Å². The minimum Gasteiger partial charge on any atom is -0.302 e. The molecule has 0 aliphatic carbocycles. The topological polar surface area (TPSA) is 55.8 Å². The highest BCUT2D eigenvalue weighted by molar-refractivity contribution is 8.18. The zero-order chi connectivity index (χ0) is 32.1. The van der Waals surface area contributed by atoms with Crippen LogP contribution >= 0.6 is 31.3 Å². The average Bonchev–Trinajstić information content (AvgIpc) is 2.73. The largest absolute Gasteiger partial charge is 0.472 e. The zero-order valence-electron chi connectivity index (χ0n) is 18.5. The monoisotopic (exact) mass is 694 g/mol. The van der Waals surface area contributed by atoms with Crippen LogP contribution in [-0.2, 0) is 13.6 Å². The van der Waals surface area contributed by atoms with Crippen LogP contribution in [0.2, 0.25) is 0 Å². The van der Waals surface area contributed by atoms with E-state index in [-0.39, 0.29) is 23.5 Å². The van der Waals surface area contributed by atoms with Gasteiger partial charge in [0.25, 0.3) is 0 Å². The zero-order valence-corrected chi connectivity index (χ0v) is 21.0. The van der Waals surface area contributed by atoms with E-state index in [0.29, 0.717) is 0 Å². The molecular formula is C15H13F18O4PS2. The molecule has 1 N–H and O–H groups in total. The van der Waals surface area contributed by atoms with E-state index in [1.165, 1.54) is 0 Å². The molecule has 1 fully saturated rings. The second-order valence-corrected chi connectivity index (χ2v) is 12.5. The summed E-state index contributed by atoms with van der Waals surface area (Å²) >= 11 is -0.489. The van der Waals surface area contributed by atoms with E-state index in [9.17, 15) is 83.6 Å². The highest BCUT2D eigenvalue weighted by atomic mass is 32.2. The van der Waals surface area contributed by atoms with Gasteiger partial charge in [-0.1, -0.05) is 0 Å². The van der Waals surface area contributed by atoms with Crippen molar-refractivity contribution in [2.45, 2.75) is 64.8 Å². The van der Waals surface area contributed by atoms with Crippen molar-refractivity contribution in [2.24, 2.45) is 0 Å². The number of phosphoric acid groups is 1. The van der Waals surface area contributed by atoms with Crippen molar-refractivity contribution in [3.63, 3.8) is 0 Å². The summed E-state index contributed by atoms with van der Waals surface area (Å²) in [6, 6.07) is 0. The molecule has 0 aromatic heterocycles. The first-order valence-corrected chi connectivity index (χ1v) is 13.1. The van der Waals surface area contributed by atoms with Crippen LogP contribution in [0.15, 0.2) is 0 Å². The maximum atomic E-state index is 13.7. The first-order valence-electron chi connectivity index (χ1n) is 9.63. The predicted octanol–water partition coefficient (Wildman–Crippen LogP) is 8.01. The number of halogens is 18. The quantitative estimate of drug-likeness (QED) is 0.127. The number of alkyl halides is 18.